The van der Waals surface area contributed by atoms with E-state index in [9.17, 15) is 9.59 Å². The van der Waals surface area contributed by atoms with Gasteiger partial charge in [-0.1, -0.05) is 30.3 Å². The van der Waals surface area contributed by atoms with Crippen molar-refractivity contribution in [3.8, 4) is 11.1 Å². The van der Waals surface area contributed by atoms with Crippen molar-refractivity contribution in [1.29, 1.82) is 0 Å². The fraction of sp³-hybridized carbons (Fsp3) is 0.324. The number of benzene rings is 2. The fourth-order valence-corrected chi connectivity index (χ4v) is 5.13. The molecule has 0 spiro atoms. The van der Waals surface area contributed by atoms with Gasteiger partial charge in [-0.15, -0.1) is 0 Å². The summed E-state index contributed by atoms with van der Waals surface area (Å²) >= 11 is 0. The number of anilines is 3. The number of ether oxygens (including phenoxy) is 1. The summed E-state index contributed by atoms with van der Waals surface area (Å²) in [5.41, 5.74) is 6.71. The van der Waals surface area contributed by atoms with Crippen LogP contribution in [0, 0.1) is 20.8 Å². The van der Waals surface area contributed by atoms with Crippen LogP contribution in [0.15, 0.2) is 72.8 Å². The lowest BCUT2D eigenvalue weighted by atomic mass is 10.0. The first-order valence-electron chi connectivity index (χ1n) is 14.3. The van der Waals surface area contributed by atoms with Gasteiger partial charge in [-0.2, -0.15) is 0 Å². The second-order valence-electron chi connectivity index (χ2n) is 10.7. The van der Waals surface area contributed by atoms with E-state index in [1.54, 1.807) is 7.11 Å². The Morgan fingerprint density at radius 2 is 1.60 bits per heavy atom. The normalized spacial score (nSPS) is 10.9. The first-order valence-corrected chi connectivity index (χ1v) is 14.3. The molecule has 2 aromatic heterocycles. The molecule has 42 heavy (non-hydrogen) atoms. The zero-order valence-electron chi connectivity index (χ0n) is 25.5. The van der Waals surface area contributed by atoms with E-state index in [0.717, 1.165) is 53.5 Å². The Balaban J connectivity index is 1.39. The number of carbonyl (C=O) groups excluding carboxylic acids is 2. The number of hydrogen-bond donors (Lipinski definition) is 1. The summed E-state index contributed by atoms with van der Waals surface area (Å²) in [6.45, 7) is 8.69. The van der Waals surface area contributed by atoms with E-state index in [0.29, 0.717) is 24.5 Å². The molecule has 4 rings (SSSR count). The van der Waals surface area contributed by atoms with Gasteiger partial charge in [-0.05, 0) is 80.8 Å². The van der Waals surface area contributed by atoms with Crippen molar-refractivity contribution in [3.63, 3.8) is 0 Å². The van der Waals surface area contributed by atoms with E-state index in [4.69, 9.17) is 4.74 Å². The Morgan fingerprint density at radius 3 is 2.26 bits per heavy atom. The molecule has 0 aliphatic heterocycles. The van der Waals surface area contributed by atoms with E-state index < -0.39 is 11.7 Å². The summed E-state index contributed by atoms with van der Waals surface area (Å²) in [6.07, 6.45) is 0.959. The van der Waals surface area contributed by atoms with Crippen molar-refractivity contribution in [3.05, 3.63) is 95.4 Å². The third-order valence-electron chi connectivity index (χ3n) is 7.36. The second kappa shape index (κ2) is 14.0. The molecule has 0 atom stereocenters. The monoisotopic (exact) mass is 567 g/mol. The molecular formula is C34H41N5O3. The van der Waals surface area contributed by atoms with Crippen LogP contribution < -0.4 is 15.1 Å². The molecule has 8 nitrogen and oxygen atoms in total. The largest absolute Gasteiger partial charge is 0.383 e. The maximum absolute atomic E-state index is 13.5. The first kappa shape index (κ1) is 30.5. The molecule has 0 saturated carbocycles. The highest BCUT2D eigenvalue weighted by Crippen LogP contribution is 2.28. The lowest BCUT2D eigenvalue weighted by Gasteiger charge is -2.23. The number of amides is 1. The quantitative estimate of drug-likeness (QED) is 0.160. The van der Waals surface area contributed by atoms with Gasteiger partial charge in [0.05, 0.1) is 6.61 Å². The molecule has 8 heteroatoms. The number of carbonyl (C=O) groups is 2. The minimum Gasteiger partial charge on any atom is -0.383 e. The molecule has 220 valence electrons. The van der Waals surface area contributed by atoms with Crippen LogP contribution in [0.25, 0.3) is 11.1 Å². The number of Topliss-reactive ketones (excluding diaryl/α,β-unsaturated/α-hetero) is 1. The maximum Gasteiger partial charge on any atom is 0.298 e. The summed E-state index contributed by atoms with van der Waals surface area (Å²) in [5.74, 6) is -0.267. The first-order chi connectivity index (χ1) is 20.2. The minimum absolute atomic E-state index is 0.366. The minimum atomic E-state index is -0.673. The molecule has 0 aliphatic carbocycles. The molecule has 0 unspecified atom stereocenters. The molecular weight excluding hydrogens is 526 g/mol. The molecule has 0 saturated heterocycles. The zero-order chi connectivity index (χ0) is 30.2. The van der Waals surface area contributed by atoms with E-state index in [-0.39, 0.29) is 0 Å². The average Bonchev–Trinajstić information content (AvgIpc) is 3.31. The number of aromatic nitrogens is 2. The third-order valence-corrected chi connectivity index (χ3v) is 7.36. The van der Waals surface area contributed by atoms with Crippen LogP contribution >= 0.6 is 0 Å². The predicted molar refractivity (Wildman–Crippen MR) is 171 cm³/mol. The van der Waals surface area contributed by atoms with Gasteiger partial charge in [0.25, 0.3) is 11.7 Å². The molecule has 1 N–H and O–H groups in total. The summed E-state index contributed by atoms with van der Waals surface area (Å²) in [5, 5.41) is 2.80. The van der Waals surface area contributed by atoms with Crippen LogP contribution in [0.1, 0.15) is 33.9 Å². The van der Waals surface area contributed by atoms with Crippen LogP contribution in [0.4, 0.5) is 17.2 Å². The van der Waals surface area contributed by atoms with Crippen molar-refractivity contribution in [1.82, 2.24) is 9.55 Å². The molecule has 0 bridgehead atoms. The van der Waals surface area contributed by atoms with Gasteiger partial charge < -0.3 is 24.4 Å². The molecule has 2 aromatic carbocycles. The van der Waals surface area contributed by atoms with Gasteiger partial charge in [-0.25, -0.2) is 4.98 Å². The smallest absolute Gasteiger partial charge is 0.298 e. The van der Waals surface area contributed by atoms with Crippen molar-refractivity contribution in [2.45, 2.75) is 33.7 Å². The van der Waals surface area contributed by atoms with Gasteiger partial charge in [0.1, 0.15) is 11.5 Å². The van der Waals surface area contributed by atoms with E-state index in [2.05, 4.69) is 46.2 Å². The average molecular weight is 568 g/mol. The number of nitrogens with zero attached hydrogens (tertiary/aromatic N) is 4. The van der Waals surface area contributed by atoms with Gasteiger partial charge in [0.15, 0.2) is 0 Å². The Morgan fingerprint density at radius 1 is 0.905 bits per heavy atom. The Bertz CT molecular complexity index is 1490. The third kappa shape index (κ3) is 7.44. The highest BCUT2D eigenvalue weighted by molar-refractivity contribution is 6.47. The summed E-state index contributed by atoms with van der Waals surface area (Å²) < 4.78 is 7.12. The van der Waals surface area contributed by atoms with Crippen LogP contribution in [0.2, 0.25) is 0 Å². The summed E-state index contributed by atoms with van der Waals surface area (Å²) in [6, 6.07) is 23.4. The zero-order valence-corrected chi connectivity index (χ0v) is 25.5. The van der Waals surface area contributed by atoms with E-state index in [1.165, 1.54) is 5.56 Å². The van der Waals surface area contributed by atoms with Crippen molar-refractivity contribution < 1.29 is 14.3 Å². The molecule has 1 amide bonds. The van der Waals surface area contributed by atoms with Crippen molar-refractivity contribution in [2.75, 3.05) is 56.0 Å². The standard InChI is InChI=1S/C34H41N5O3/c1-24-21-25(2)35-31(22-24)38(5)18-10-17-37(4)29-15-13-28(14-16-29)36-34(41)33(40)32-30(27-11-8-7-9-12-27)23-26(3)39(32)19-20-42-6/h7-9,11-16,21-23H,10,17-20H2,1-6H3,(H,36,41). The predicted octanol–water partition coefficient (Wildman–Crippen LogP) is 5.91. The molecule has 0 aliphatic rings. The lowest BCUT2D eigenvalue weighted by Crippen LogP contribution is -2.27. The topological polar surface area (TPSA) is 79.7 Å². The number of rotatable bonds is 13. The van der Waals surface area contributed by atoms with E-state index >= 15 is 0 Å². The molecule has 0 fully saturated rings. The lowest BCUT2D eigenvalue weighted by molar-refractivity contribution is -0.112. The molecule has 4 aromatic rings. The van der Waals surface area contributed by atoms with Crippen LogP contribution in [0.3, 0.4) is 0 Å². The summed E-state index contributed by atoms with van der Waals surface area (Å²) in [7, 11) is 5.74. The molecule has 0 radical (unpaired) electrons. The number of ketones is 1. The Kier molecular flexibility index (Phi) is 10.1. The van der Waals surface area contributed by atoms with Gasteiger partial charge in [-0.3, -0.25) is 9.59 Å². The molecule has 2 heterocycles. The number of aryl methyl sites for hydroxylation is 3. The highest BCUT2D eigenvalue weighted by Gasteiger charge is 2.26. The fourth-order valence-electron chi connectivity index (χ4n) is 5.13. The van der Waals surface area contributed by atoms with E-state index in [1.807, 2.05) is 86.1 Å². The maximum atomic E-state index is 13.5. The Labute approximate surface area is 248 Å². The van der Waals surface area contributed by atoms with Crippen LogP contribution in [-0.4, -0.2) is 62.1 Å². The number of methoxy groups -OCH3 is 1. The number of nitrogens with one attached hydrogen (secondary N) is 1. The van der Waals surface area contributed by atoms with Crippen molar-refractivity contribution >= 4 is 28.9 Å². The van der Waals surface area contributed by atoms with Crippen LogP contribution in [0.5, 0.6) is 0 Å². The number of pyridine rings is 1. The SMILES string of the molecule is COCCn1c(C)cc(-c2ccccc2)c1C(=O)C(=O)Nc1ccc(N(C)CCCN(C)c2cc(C)cc(C)n2)cc1. The summed E-state index contributed by atoms with van der Waals surface area (Å²) in [4.78, 5) is 35.7. The van der Waals surface area contributed by atoms with Gasteiger partial charge >= 0.3 is 0 Å². The van der Waals surface area contributed by atoms with Gasteiger partial charge in [0.2, 0.25) is 0 Å². The van der Waals surface area contributed by atoms with Crippen LogP contribution in [-0.2, 0) is 16.1 Å². The number of hydrogen-bond acceptors (Lipinski definition) is 6. The second-order valence-corrected chi connectivity index (χ2v) is 10.7. The van der Waals surface area contributed by atoms with Gasteiger partial charge in [0, 0.05) is 69.2 Å². The highest BCUT2D eigenvalue weighted by atomic mass is 16.5. The van der Waals surface area contributed by atoms with Crippen molar-refractivity contribution in [2.24, 2.45) is 0 Å². The Hall–Kier alpha value is -4.43.